The molecule has 3 fully saturated rings. The van der Waals surface area contributed by atoms with Gasteiger partial charge in [0.1, 0.15) is 11.2 Å². The molecule has 4 amide bonds. The molecule has 4 aliphatic rings. The maximum Gasteiger partial charge on any atom is 0.258 e. The van der Waals surface area contributed by atoms with Crippen molar-refractivity contribution in [3.8, 4) is 23.0 Å². The Morgan fingerprint density at radius 3 is 2.17 bits per heavy atom. The Morgan fingerprint density at radius 1 is 0.862 bits per heavy atom. The zero-order valence-electron chi connectivity index (χ0n) is 29.3. The maximum absolute atomic E-state index is 15.4. The van der Waals surface area contributed by atoms with Gasteiger partial charge in [0.15, 0.2) is 50.1 Å². The number of benzene rings is 4. The topological polar surface area (TPSA) is 130 Å². The number of allylic oxidation sites excluding steroid dienone is 2. The molecule has 0 bridgehead atoms. The number of phenols is 1. The van der Waals surface area contributed by atoms with E-state index < -0.39 is 98.2 Å². The lowest BCUT2D eigenvalue weighted by Gasteiger charge is -2.50. The maximum atomic E-state index is 15.4. The summed E-state index contributed by atoms with van der Waals surface area (Å²) in [4.78, 5) is 57.5. The van der Waals surface area contributed by atoms with Gasteiger partial charge in [-0.1, -0.05) is 23.8 Å². The highest BCUT2D eigenvalue weighted by Crippen LogP contribution is 2.66. The second-order valence-corrected chi connectivity index (χ2v) is 16.7. The summed E-state index contributed by atoms with van der Waals surface area (Å²) in [5.74, 6) is -21.9. The van der Waals surface area contributed by atoms with Crippen molar-refractivity contribution in [2.24, 2.45) is 17.8 Å². The van der Waals surface area contributed by atoms with Crippen molar-refractivity contribution in [2.45, 2.75) is 28.5 Å². The first-order valence-corrected chi connectivity index (χ1v) is 19.3. The highest BCUT2D eigenvalue weighted by Gasteiger charge is 2.77. The number of anilines is 2. The fourth-order valence-electron chi connectivity index (χ4n) is 8.86. The van der Waals surface area contributed by atoms with E-state index in [2.05, 4.69) is 4.98 Å². The summed E-state index contributed by atoms with van der Waals surface area (Å²) in [6, 6.07) is 16.1. The summed E-state index contributed by atoms with van der Waals surface area (Å²) in [5, 5.41) is 10.7. The Balaban J connectivity index is 1.16. The second-order valence-electron chi connectivity index (χ2n) is 14.3. The lowest BCUT2D eigenvalue weighted by molar-refractivity contribution is -0.125. The lowest BCUT2D eigenvalue weighted by Crippen LogP contribution is -2.60. The Labute approximate surface area is 347 Å². The summed E-state index contributed by atoms with van der Waals surface area (Å²) in [7, 11) is 1.23. The molecule has 9 rings (SSSR count). The number of amides is 4. The third kappa shape index (κ3) is 5.03. The number of para-hydroxylation sites is 2. The average Bonchev–Trinajstić information content (AvgIpc) is 3.81. The van der Waals surface area contributed by atoms with Gasteiger partial charge >= 0.3 is 0 Å². The van der Waals surface area contributed by atoms with E-state index >= 15 is 8.78 Å². The van der Waals surface area contributed by atoms with Crippen molar-refractivity contribution in [3.05, 3.63) is 111 Å². The SMILES string of the molecule is COc1cc([C@H]2C3=CC[C@@H]4C(=O)N(c5ccc(-c6nc7ccccc7o6)cc5)C(=O)[C@@H]4[C@@H]3C[C@@]3(Cl)C(=O)N(c4c(F)c(F)c(F)c(F)c4F)C(=O)[C@@]23Cl)cc(I)c1O. The van der Waals surface area contributed by atoms with Crippen LogP contribution in [0.2, 0.25) is 0 Å². The predicted molar refractivity (Wildman–Crippen MR) is 206 cm³/mol. The van der Waals surface area contributed by atoms with Crippen molar-refractivity contribution in [1.29, 1.82) is 0 Å². The molecule has 1 aromatic heterocycles. The first-order valence-electron chi connectivity index (χ1n) is 17.4. The summed E-state index contributed by atoms with van der Waals surface area (Å²) in [5.41, 5.74) is 0.379. The number of aromatic nitrogens is 1. The minimum Gasteiger partial charge on any atom is -0.504 e. The van der Waals surface area contributed by atoms with Crippen LogP contribution in [0.25, 0.3) is 22.6 Å². The van der Waals surface area contributed by atoms with E-state index in [9.17, 15) is 37.5 Å². The molecule has 6 atom stereocenters. The number of hydrogen-bond acceptors (Lipinski definition) is 8. The normalized spacial score (nSPS) is 26.6. The fourth-order valence-corrected chi connectivity index (χ4v) is 10.4. The van der Waals surface area contributed by atoms with Gasteiger partial charge in [0.2, 0.25) is 23.5 Å². The van der Waals surface area contributed by atoms with Gasteiger partial charge in [0, 0.05) is 11.5 Å². The van der Waals surface area contributed by atoms with E-state index in [0.717, 1.165) is 4.90 Å². The van der Waals surface area contributed by atoms with Crippen LogP contribution in [0, 0.1) is 50.4 Å². The van der Waals surface area contributed by atoms with E-state index in [4.69, 9.17) is 32.4 Å². The minimum atomic E-state index is -2.74. The number of alkyl halides is 2. The van der Waals surface area contributed by atoms with Gasteiger partial charge in [-0.2, -0.15) is 0 Å². The minimum absolute atomic E-state index is 0.0624. The number of fused-ring (bicyclic) bond motifs is 5. The second kappa shape index (κ2) is 13.2. The van der Waals surface area contributed by atoms with Crippen LogP contribution < -0.4 is 14.5 Å². The van der Waals surface area contributed by atoms with Gasteiger partial charge in [-0.15, -0.1) is 23.2 Å². The van der Waals surface area contributed by atoms with Crippen molar-refractivity contribution >= 4 is 91.9 Å². The molecule has 4 aromatic carbocycles. The molecular weight excluding hydrogens is 927 g/mol. The predicted octanol–water partition coefficient (Wildman–Crippen LogP) is 8.28. The summed E-state index contributed by atoms with van der Waals surface area (Å²) in [6.07, 6.45) is 0.841. The van der Waals surface area contributed by atoms with Crippen LogP contribution in [0.3, 0.4) is 0 Å². The Bertz CT molecular complexity index is 2670. The third-order valence-corrected chi connectivity index (χ3v) is 13.7. The van der Waals surface area contributed by atoms with E-state index in [1.165, 1.54) is 31.4 Å². The van der Waals surface area contributed by atoms with Crippen LogP contribution >= 0.6 is 45.8 Å². The number of nitrogens with zero attached hydrogens (tertiary/aromatic N) is 3. The van der Waals surface area contributed by atoms with Gasteiger partial charge in [0.05, 0.1) is 28.2 Å². The van der Waals surface area contributed by atoms with Crippen LogP contribution in [-0.4, -0.2) is 50.6 Å². The molecule has 3 heterocycles. The standard InChI is InChI=1S/C40H23Cl2F5IN3O7/c1-57-24-13-16(12-21(48)33(24)52)26-18-10-11-19-25(36(54)50(35(19)53)17-8-6-15(7-9-17)34-49-22-4-2-3-5-23(22)58-34)20(18)14-39(41)37(55)51(38(56)40(26,39)42)32-30(46)28(44)27(43)29(45)31(32)47/h2-10,12-13,19-20,25-26,52H,11,14H2,1H3/t19-,20+,25-,26-,39+,40-/m0/s1. The van der Waals surface area contributed by atoms with E-state index in [0.29, 0.717) is 22.6 Å². The van der Waals surface area contributed by atoms with E-state index in [1.54, 1.807) is 59.0 Å². The van der Waals surface area contributed by atoms with E-state index in [-0.39, 0.29) is 43.2 Å². The van der Waals surface area contributed by atoms with Gasteiger partial charge < -0.3 is 14.3 Å². The molecule has 2 aliphatic carbocycles. The van der Waals surface area contributed by atoms with Crippen molar-refractivity contribution < 1.29 is 55.4 Å². The number of carbonyl (C=O) groups excluding carboxylic acids is 4. The van der Waals surface area contributed by atoms with Gasteiger partial charge in [-0.3, -0.25) is 24.1 Å². The summed E-state index contributed by atoms with van der Waals surface area (Å²) >= 11 is 16.2. The molecule has 296 valence electrons. The smallest absolute Gasteiger partial charge is 0.258 e. The fraction of sp³-hybridized carbons (Fsp3) is 0.225. The van der Waals surface area contributed by atoms with Gasteiger partial charge in [-0.25, -0.2) is 31.8 Å². The number of rotatable bonds is 5. The molecule has 0 unspecified atom stereocenters. The highest BCUT2D eigenvalue weighted by atomic mass is 127. The van der Waals surface area contributed by atoms with Crippen LogP contribution in [0.5, 0.6) is 11.5 Å². The zero-order chi connectivity index (χ0) is 41.3. The van der Waals surface area contributed by atoms with Crippen LogP contribution in [0.4, 0.5) is 33.3 Å². The number of hydrogen-bond donors (Lipinski definition) is 1. The zero-order valence-corrected chi connectivity index (χ0v) is 33.0. The van der Waals surface area contributed by atoms with Gasteiger partial charge in [0.25, 0.3) is 11.8 Å². The van der Waals surface area contributed by atoms with Crippen molar-refractivity contribution in [3.63, 3.8) is 0 Å². The quantitative estimate of drug-likeness (QED) is 0.0355. The number of halogens is 8. The highest BCUT2D eigenvalue weighted by molar-refractivity contribution is 14.1. The Morgan fingerprint density at radius 2 is 1.52 bits per heavy atom. The summed E-state index contributed by atoms with van der Waals surface area (Å²) in [6.45, 7) is 0. The number of oxazole rings is 1. The molecule has 0 spiro atoms. The summed E-state index contributed by atoms with van der Waals surface area (Å²) < 4.78 is 85.4. The lowest BCUT2D eigenvalue weighted by atomic mass is 9.56. The molecule has 18 heteroatoms. The first kappa shape index (κ1) is 38.4. The molecule has 2 aliphatic heterocycles. The molecule has 0 radical (unpaired) electrons. The molecule has 58 heavy (non-hydrogen) atoms. The molecular formula is C40H23Cl2F5IN3O7. The Hall–Kier alpha value is -5.07. The van der Waals surface area contributed by atoms with E-state index in [1.807, 2.05) is 6.07 Å². The molecule has 5 aromatic rings. The first-order chi connectivity index (χ1) is 27.5. The van der Waals surface area contributed by atoms with Crippen LogP contribution in [0.15, 0.2) is 76.7 Å². The Kier molecular flexibility index (Phi) is 8.77. The molecule has 1 N–H and O–H groups in total. The van der Waals surface area contributed by atoms with Crippen LogP contribution in [-0.2, 0) is 19.2 Å². The number of carbonyl (C=O) groups is 4. The van der Waals surface area contributed by atoms with Crippen molar-refractivity contribution in [2.75, 3.05) is 16.9 Å². The number of ether oxygens (including phenoxy) is 1. The molecule has 2 saturated heterocycles. The number of methoxy groups -OCH3 is 1. The largest absolute Gasteiger partial charge is 0.504 e. The number of phenolic OH excluding ortho intramolecular Hbond substituents is 1. The third-order valence-electron chi connectivity index (χ3n) is 11.5. The van der Waals surface area contributed by atoms with Gasteiger partial charge in [-0.05, 0) is 95.4 Å². The molecule has 1 saturated carbocycles. The number of aromatic hydroxyl groups is 1. The van der Waals surface area contributed by atoms with Crippen molar-refractivity contribution in [1.82, 2.24) is 4.98 Å². The monoisotopic (exact) mass is 949 g/mol. The number of imide groups is 2. The molecule has 10 nitrogen and oxygen atoms in total. The van der Waals surface area contributed by atoms with Crippen LogP contribution in [0.1, 0.15) is 24.3 Å². The average molecular weight is 950 g/mol.